The molecule has 0 aromatic heterocycles. The van der Waals surface area contributed by atoms with E-state index in [1.807, 2.05) is 6.07 Å². The minimum atomic E-state index is -1.52. The maximum atomic E-state index is 14.2. The van der Waals surface area contributed by atoms with Crippen LogP contribution < -0.4 is 4.74 Å². The van der Waals surface area contributed by atoms with E-state index in [9.17, 15) is 4.39 Å². The summed E-state index contributed by atoms with van der Waals surface area (Å²) in [6, 6.07) is 13.4. The predicted molar refractivity (Wildman–Crippen MR) is 81.0 cm³/mol. The smallest absolute Gasteiger partial charge is 0.174 e. The van der Waals surface area contributed by atoms with Gasteiger partial charge in [0.25, 0.3) is 0 Å². The SMILES string of the molecule is C=CCOc1cccc(F)c1C(Cl)(Cl)c1ccccc1. The Balaban J connectivity index is 2.53. The summed E-state index contributed by atoms with van der Waals surface area (Å²) in [5.41, 5.74) is 0.688. The lowest BCUT2D eigenvalue weighted by Gasteiger charge is -2.23. The second-order valence-corrected chi connectivity index (χ2v) is 5.48. The molecule has 20 heavy (non-hydrogen) atoms. The van der Waals surface area contributed by atoms with Crippen molar-refractivity contribution in [2.24, 2.45) is 0 Å². The molecule has 2 aromatic carbocycles. The Bertz CT molecular complexity index is 597. The van der Waals surface area contributed by atoms with Crippen molar-refractivity contribution >= 4 is 23.2 Å². The summed E-state index contributed by atoms with van der Waals surface area (Å²) in [7, 11) is 0. The second kappa shape index (κ2) is 6.29. The first-order chi connectivity index (χ1) is 9.57. The highest BCUT2D eigenvalue weighted by Crippen LogP contribution is 2.46. The molecule has 0 N–H and O–H groups in total. The van der Waals surface area contributed by atoms with E-state index in [-0.39, 0.29) is 12.2 Å². The zero-order valence-corrected chi connectivity index (χ0v) is 12.2. The van der Waals surface area contributed by atoms with Crippen LogP contribution in [0, 0.1) is 5.82 Å². The van der Waals surface area contributed by atoms with E-state index in [0.717, 1.165) is 0 Å². The lowest BCUT2D eigenvalue weighted by Crippen LogP contribution is -2.16. The van der Waals surface area contributed by atoms with E-state index >= 15 is 0 Å². The highest BCUT2D eigenvalue weighted by atomic mass is 35.5. The van der Waals surface area contributed by atoms with E-state index in [4.69, 9.17) is 27.9 Å². The molecule has 0 bridgehead atoms. The molecule has 0 saturated carbocycles. The third kappa shape index (κ3) is 2.97. The van der Waals surface area contributed by atoms with Crippen molar-refractivity contribution in [2.75, 3.05) is 6.61 Å². The van der Waals surface area contributed by atoms with Crippen molar-refractivity contribution in [1.82, 2.24) is 0 Å². The molecule has 2 rings (SSSR count). The van der Waals surface area contributed by atoms with Crippen molar-refractivity contribution in [3.05, 3.63) is 78.1 Å². The first kappa shape index (κ1) is 14.9. The molecule has 0 spiro atoms. The van der Waals surface area contributed by atoms with Crippen LogP contribution in [0.15, 0.2) is 61.2 Å². The topological polar surface area (TPSA) is 9.23 Å². The average Bonchev–Trinajstić information content (AvgIpc) is 2.45. The van der Waals surface area contributed by atoms with E-state index in [0.29, 0.717) is 11.3 Å². The van der Waals surface area contributed by atoms with Crippen molar-refractivity contribution in [3.8, 4) is 5.75 Å². The third-order valence-electron chi connectivity index (χ3n) is 2.78. The molecule has 0 amide bonds. The van der Waals surface area contributed by atoms with Crippen LogP contribution in [0.5, 0.6) is 5.75 Å². The van der Waals surface area contributed by atoms with Gasteiger partial charge in [-0.2, -0.15) is 0 Å². The van der Waals surface area contributed by atoms with Crippen LogP contribution in [0.2, 0.25) is 0 Å². The van der Waals surface area contributed by atoms with Gasteiger partial charge < -0.3 is 4.74 Å². The Hall–Kier alpha value is -1.51. The van der Waals surface area contributed by atoms with Gasteiger partial charge in [0.2, 0.25) is 0 Å². The number of halogens is 3. The molecule has 2 aromatic rings. The molecule has 1 nitrogen and oxygen atoms in total. The summed E-state index contributed by atoms with van der Waals surface area (Å²) in [5.74, 6) is -0.209. The minimum Gasteiger partial charge on any atom is -0.489 e. The van der Waals surface area contributed by atoms with Crippen molar-refractivity contribution < 1.29 is 9.13 Å². The van der Waals surface area contributed by atoms with Crippen LogP contribution in [-0.2, 0) is 4.33 Å². The lowest BCUT2D eigenvalue weighted by molar-refractivity contribution is 0.355. The van der Waals surface area contributed by atoms with Crippen LogP contribution in [0.1, 0.15) is 11.1 Å². The first-order valence-electron chi connectivity index (χ1n) is 6.03. The van der Waals surface area contributed by atoms with Crippen LogP contribution in [0.3, 0.4) is 0 Å². The maximum Gasteiger partial charge on any atom is 0.174 e. The molecule has 4 heteroatoms. The number of hydrogen-bond donors (Lipinski definition) is 0. The largest absolute Gasteiger partial charge is 0.489 e. The summed E-state index contributed by atoms with van der Waals surface area (Å²) in [4.78, 5) is 0. The fourth-order valence-electron chi connectivity index (χ4n) is 1.87. The quantitative estimate of drug-likeness (QED) is 0.553. The summed E-state index contributed by atoms with van der Waals surface area (Å²) in [5, 5.41) is 0. The zero-order chi connectivity index (χ0) is 14.6. The number of rotatable bonds is 5. The highest BCUT2D eigenvalue weighted by molar-refractivity contribution is 6.50. The zero-order valence-electron chi connectivity index (χ0n) is 10.7. The standard InChI is InChI=1S/C16H13Cl2FO/c1-2-11-20-14-10-6-9-13(19)15(14)16(17,18)12-7-4-3-5-8-12/h2-10H,1,11H2. The molecule has 0 aliphatic rings. The van der Waals surface area contributed by atoms with Gasteiger partial charge in [0.05, 0.1) is 5.56 Å². The Morgan fingerprint density at radius 3 is 2.45 bits per heavy atom. The Kier molecular flexibility index (Phi) is 4.69. The van der Waals surface area contributed by atoms with Gasteiger partial charge in [0.1, 0.15) is 18.2 Å². The Morgan fingerprint density at radius 2 is 1.80 bits per heavy atom. The molecule has 0 fully saturated rings. The normalized spacial score (nSPS) is 11.2. The summed E-state index contributed by atoms with van der Waals surface area (Å²) >= 11 is 12.8. The highest BCUT2D eigenvalue weighted by Gasteiger charge is 2.35. The van der Waals surface area contributed by atoms with Crippen LogP contribution >= 0.6 is 23.2 Å². The van der Waals surface area contributed by atoms with Gasteiger partial charge in [-0.1, -0.05) is 72.3 Å². The van der Waals surface area contributed by atoms with Crippen molar-refractivity contribution in [2.45, 2.75) is 4.33 Å². The van der Waals surface area contributed by atoms with Gasteiger partial charge in [0.15, 0.2) is 4.33 Å². The number of ether oxygens (including phenoxy) is 1. The van der Waals surface area contributed by atoms with Crippen LogP contribution in [0.25, 0.3) is 0 Å². The third-order valence-corrected chi connectivity index (χ3v) is 3.60. The molecule has 104 valence electrons. The first-order valence-corrected chi connectivity index (χ1v) is 6.79. The molecular weight excluding hydrogens is 298 g/mol. The van der Waals surface area contributed by atoms with Gasteiger partial charge in [-0.15, -0.1) is 0 Å². The van der Waals surface area contributed by atoms with E-state index in [2.05, 4.69) is 6.58 Å². The predicted octanol–water partition coefficient (Wildman–Crippen LogP) is 5.07. The van der Waals surface area contributed by atoms with E-state index in [1.165, 1.54) is 6.07 Å². The van der Waals surface area contributed by atoms with Crippen LogP contribution in [0.4, 0.5) is 4.39 Å². The van der Waals surface area contributed by atoms with Crippen molar-refractivity contribution in [3.63, 3.8) is 0 Å². The van der Waals surface area contributed by atoms with E-state index < -0.39 is 10.2 Å². The van der Waals surface area contributed by atoms with Crippen LogP contribution in [-0.4, -0.2) is 6.61 Å². The molecular formula is C16H13Cl2FO. The molecule has 0 atom stereocenters. The van der Waals surface area contributed by atoms with Gasteiger partial charge in [-0.05, 0) is 17.7 Å². The molecule has 0 aliphatic heterocycles. The number of hydrogen-bond acceptors (Lipinski definition) is 1. The second-order valence-electron chi connectivity index (χ2n) is 4.15. The Morgan fingerprint density at radius 1 is 1.10 bits per heavy atom. The van der Waals surface area contributed by atoms with Gasteiger partial charge in [-0.25, -0.2) is 4.39 Å². The van der Waals surface area contributed by atoms with Crippen molar-refractivity contribution in [1.29, 1.82) is 0 Å². The summed E-state index contributed by atoms with van der Waals surface area (Å²) in [6.45, 7) is 3.81. The lowest BCUT2D eigenvalue weighted by atomic mass is 10.0. The van der Waals surface area contributed by atoms with Gasteiger partial charge in [0, 0.05) is 0 Å². The summed E-state index contributed by atoms with van der Waals surface area (Å²) < 4.78 is 18.1. The van der Waals surface area contributed by atoms with E-state index in [1.54, 1.807) is 42.5 Å². The molecule has 0 saturated heterocycles. The number of benzene rings is 2. The number of alkyl halides is 2. The summed E-state index contributed by atoms with van der Waals surface area (Å²) in [6.07, 6.45) is 1.57. The molecule has 0 unspecified atom stereocenters. The Labute approximate surface area is 127 Å². The minimum absolute atomic E-state index is 0.108. The molecule has 0 aliphatic carbocycles. The molecule has 0 radical (unpaired) electrons. The van der Waals surface area contributed by atoms with Gasteiger partial charge >= 0.3 is 0 Å². The fourth-order valence-corrected chi connectivity index (χ4v) is 2.49. The van der Waals surface area contributed by atoms with Gasteiger partial charge in [-0.3, -0.25) is 0 Å². The average molecular weight is 311 g/mol. The fraction of sp³-hybridized carbons (Fsp3) is 0.125. The monoisotopic (exact) mass is 310 g/mol. The maximum absolute atomic E-state index is 14.2. The molecule has 0 heterocycles.